The molecule has 4 saturated carbocycles. The monoisotopic (exact) mass is 465 g/mol. The summed E-state index contributed by atoms with van der Waals surface area (Å²) in [5.74, 6) is 0.456. The third-order valence-electron chi connectivity index (χ3n) is 8.80. The number of carbonyl (C=O) groups is 2. The van der Waals surface area contributed by atoms with Crippen LogP contribution in [0.2, 0.25) is 5.02 Å². The van der Waals surface area contributed by atoms with Gasteiger partial charge in [-0.15, -0.1) is 0 Å². The second-order valence-corrected chi connectivity index (χ2v) is 12.5. The van der Waals surface area contributed by atoms with Crippen molar-refractivity contribution in [3.05, 3.63) is 28.8 Å². The molecule has 7 nitrogen and oxygen atoms in total. The van der Waals surface area contributed by atoms with E-state index in [9.17, 15) is 18.0 Å². The van der Waals surface area contributed by atoms with Gasteiger partial charge in [-0.05, 0) is 87.3 Å². The number of hydrogen-bond donors (Lipinski definition) is 3. The van der Waals surface area contributed by atoms with Gasteiger partial charge in [0.2, 0.25) is 21.8 Å². The lowest BCUT2D eigenvalue weighted by Crippen LogP contribution is -2.74. The fraction of sp³-hybridized carbons (Fsp3) is 0.636. The Bertz CT molecular complexity index is 1120. The van der Waals surface area contributed by atoms with Gasteiger partial charge in [0.1, 0.15) is 5.54 Å². The molecule has 4 N–H and O–H groups in total. The van der Waals surface area contributed by atoms with E-state index in [-0.39, 0.29) is 45.4 Å². The van der Waals surface area contributed by atoms with Gasteiger partial charge in [0.25, 0.3) is 0 Å². The molecular weight excluding hydrogens is 438 g/mol. The van der Waals surface area contributed by atoms with E-state index in [2.05, 4.69) is 10.0 Å². The van der Waals surface area contributed by atoms with Gasteiger partial charge < -0.3 is 11.1 Å². The highest BCUT2D eigenvalue weighted by molar-refractivity contribution is 7.89. The molecule has 0 aromatic heterocycles. The van der Waals surface area contributed by atoms with Gasteiger partial charge in [-0.2, -0.15) is 4.72 Å². The minimum atomic E-state index is -3.95. The lowest BCUT2D eigenvalue weighted by molar-refractivity contribution is -0.240. The van der Waals surface area contributed by atoms with E-state index in [1.165, 1.54) is 6.07 Å². The number of halogens is 1. The minimum Gasteiger partial charge on any atom is -0.369 e. The molecule has 1 aromatic carbocycles. The Labute approximate surface area is 187 Å². The lowest BCUT2D eigenvalue weighted by Gasteiger charge is -2.72. The Morgan fingerprint density at radius 1 is 1.23 bits per heavy atom. The van der Waals surface area contributed by atoms with E-state index < -0.39 is 15.6 Å². The van der Waals surface area contributed by atoms with Crippen LogP contribution in [-0.2, 0) is 19.6 Å². The van der Waals surface area contributed by atoms with Crippen LogP contribution in [0.3, 0.4) is 0 Å². The quantitative estimate of drug-likeness (QED) is 0.596. The summed E-state index contributed by atoms with van der Waals surface area (Å²) in [5, 5.41) is 3.48. The van der Waals surface area contributed by atoms with Crippen molar-refractivity contribution in [2.75, 3.05) is 0 Å². The Balaban J connectivity index is 1.33. The van der Waals surface area contributed by atoms with Crippen LogP contribution in [0.1, 0.15) is 45.1 Å². The van der Waals surface area contributed by atoms with Gasteiger partial charge in [0.05, 0.1) is 10.3 Å². The van der Waals surface area contributed by atoms with Crippen LogP contribution >= 0.6 is 11.6 Å². The highest BCUT2D eigenvalue weighted by atomic mass is 35.5. The maximum absolute atomic E-state index is 13.2. The van der Waals surface area contributed by atoms with E-state index in [1.54, 1.807) is 32.9 Å². The average molecular weight is 466 g/mol. The van der Waals surface area contributed by atoms with Crippen LogP contribution in [-0.4, -0.2) is 31.8 Å². The number of primary amides is 1. The van der Waals surface area contributed by atoms with Gasteiger partial charge in [-0.3, -0.25) is 9.59 Å². The van der Waals surface area contributed by atoms with Crippen molar-refractivity contribution in [2.24, 2.45) is 34.3 Å². The SMILES string of the molecule is Cc1c(Cl)cccc1S(=O)(=O)NC(C)(C)C(=O)NC1C2CC3(C(N)=O)CC4CC1C43C2. The van der Waals surface area contributed by atoms with Crippen molar-refractivity contribution < 1.29 is 18.0 Å². The molecule has 31 heavy (non-hydrogen) atoms. The summed E-state index contributed by atoms with van der Waals surface area (Å²) in [4.78, 5) is 25.5. The molecule has 9 heteroatoms. The summed E-state index contributed by atoms with van der Waals surface area (Å²) >= 11 is 6.08. The van der Waals surface area contributed by atoms with Crippen LogP contribution in [0.25, 0.3) is 0 Å². The number of nitrogens with two attached hydrogens (primary N) is 1. The van der Waals surface area contributed by atoms with E-state index in [4.69, 9.17) is 17.3 Å². The highest BCUT2D eigenvalue weighted by Crippen LogP contribution is 2.86. The Hall–Kier alpha value is -1.64. The summed E-state index contributed by atoms with van der Waals surface area (Å²) in [6.45, 7) is 4.76. The molecule has 6 atom stereocenters. The zero-order valence-corrected chi connectivity index (χ0v) is 19.4. The number of fused-ring (bicyclic) bond motifs is 1. The maximum atomic E-state index is 13.2. The third-order valence-corrected chi connectivity index (χ3v) is 11.0. The fourth-order valence-electron chi connectivity index (χ4n) is 7.45. The third kappa shape index (κ3) is 2.52. The molecular formula is C22H28ClN3O4S. The molecule has 168 valence electrons. The topological polar surface area (TPSA) is 118 Å². The average Bonchev–Trinajstić information content (AvgIpc) is 3.12. The minimum absolute atomic E-state index is 0.0341. The first-order chi connectivity index (χ1) is 14.4. The molecule has 4 aliphatic rings. The van der Waals surface area contributed by atoms with Gasteiger partial charge in [-0.1, -0.05) is 17.7 Å². The number of hydrogen-bond acceptors (Lipinski definition) is 4. The summed E-state index contributed by atoms with van der Waals surface area (Å²) < 4.78 is 28.5. The second kappa shape index (κ2) is 6.23. The highest BCUT2D eigenvalue weighted by Gasteiger charge is 2.85. The summed E-state index contributed by atoms with van der Waals surface area (Å²) in [7, 11) is -3.95. The molecule has 4 aliphatic carbocycles. The smallest absolute Gasteiger partial charge is 0.241 e. The van der Waals surface area contributed by atoms with Gasteiger partial charge in [-0.25, -0.2) is 8.42 Å². The number of rotatable bonds is 6. The van der Waals surface area contributed by atoms with Crippen LogP contribution in [0.15, 0.2) is 23.1 Å². The molecule has 6 unspecified atom stereocenters. The van der Waals surface area contributed by atoms with Gasteiger partial charge >= 0.3 is 0 Å². The molecule has 0 heterocycles. The van der Waals surface area contributed by atoms with Crippen molar-refractivity contribution in [3.8, 4) is 0 Å². The maximum Gasteiger partial charge on any atom is 0.241 e. The summed E-state index contributed by atoms with van der Waals surface area (Å²) in [6.07, 6.45) is 3.56. The zero-order valence-electron chi connectivity index (χ0n) is 17.9. The van der Waals surface area contributed by atoms with E-state index >= 15 is 0 Å². The first kappa shape index (κ1) is 21.2. The molecule has 0 saturated heterocycles. The molecule has 1 spiro atoms. The van der Waals surface area contributed by atoms with Crippen molar-refractivity contribution in [1.82, 2.24) is 10.0 Å². The Kier molecular flexibility index (Phi) is 4.27. The normalized spacial score (nSPS) is 37.5. The van der Waals surface area contributed by atoms with Crippen LogP contribution in [0, 0.1) is 35.5 Å². The molecule has 2 bridgehead atoms. The molecule has 0 radical (unpaired) electrons. The van der Waals surface area contributed by atoms with Gasteiger partial charge in [0, 0.05) is 11.1 Å². The molecule has 0 aliphatic heterocycles. The molecule has 1 aromatic rings. The number of carbonyl (C=O) groups excluding carboxylic acids is 2. The lowest BCUT2D eigenvalue weighted by atomic mass is 9.31. The first-order valence-electron chi connectivity index (χ1n) is 10.8. The van der Waals surface area contributed by atoms with E-state index in [0.717, 1.165) is 25.7 Å². The fourth-order valence-corrected chi connectivity index (χ4v) is 9.32. The largest absolute Gasteiger partial charge is 0.369 e. The number of benzene rings is 1. The molecule has 2 amide bonds. The van der Waals surface area contributed by atoms with Crippen molar-refractivity contribution in [3.63, 3.8) is 0 Å². The van der Waals surface area contributed by atoms with E-state index in [1.807, 2.05) is 0 Å². The number of nitrogens with one attached hydrogen (secondary N) is 2. The second-order valence-electron chi connectivity index (χ2n) is 10.5. The predicted molar refractivity (Wildman–Crippen MR) is 116 cm³/mol. The van der Waals surface area contributed by atoms with Crippen molar-refractivity contribution in [2.45, 2.75) is 62.9 Å². The number of amides is 2. The van der Waals surface area contributed by atoms with Crippen molar-refractivity contribution in [1.29, 1.82) is 0 Å². The predicted octanol–water partition coefficient (Wildman–Crippen LogP) is 2.11. The van der Waals surface area contributed by atoms with Crippen LogP contribution < -0.4 is 15.8 Å². The van der Waals surface area contributed by atoms with E-state index in [0.29, 0.717) is 16.5 Å². The Morgan fingerprint density at radius 2 is 1.94 bits per heavy atom. The summed E-state index contributed by atoms with van der Waals surface area (Å²) in [5.41, 5.74) is 4.46. The first-order valence-corrected chi connectivity index (χ1v) is 12.6. The van der Waals surface area contributed by atoms with Crippen LogP contribution in [0.4, 0.5) is 0 Å². The van der Waals surface area contributed by atoms with Gasteiger partial charge in [0.15, 0.2) is 0 Å². The van der Waals surface area contributed by atoms with Crippen LogP contribution in [0.5, 0.6) is 0 Å². The molecule has 4 fully saturated rings. The molecule has 5 rings (SSSR count). The summed E-state index contributed by atoms with van der Waals surface area (Å²) in [6, 6.07) is 4.64. The standard InChI is InChI=1S/C22H28ClN3O4S/c1-11-15(23)5-4-6-16(11)31(29,30)26-20(2,3)19(28)25-17-12-8-21(18(24)27)10-13-7-14(17)22(13,21)9-12/h4-6,12-14,17,26H,7-10H2,1-3H3,(H2,24,27)(H,25,28). The Morgan fingerprint density at radius 3 is 2.58 bits per heavy atom. The zero-order chi connectivity index (χ0) is 22.6. The number of sulfonamides is 1. The van der Waals surface area contributed by atoms with Crippen molar-refractivity contribution >= 4 is 33.4 Å².